The molecule has 4 bridgehead atoms. The van der Waals surface area contributed by atoms with Gasteiger partial charge in [-0.05, 0) is 93.4 Å². The van der Waals surface area contributed by atoms with Gasteiger partial charge in [0.15, 0.2) is 0 Å². The molecular formula is C27H34N2O5. The molecule has 6 fully saturated rings. The molecule has 0 spiro atoms. The fraction of sp³-hybridized carbons (Fsp3) is 0.667. The number of carbonyl (C=O) groups is 3. The first-order valence-electron chi connectivity index (χ1n) is 12.9. The summed E-state index contributed by atoms with van der Waals surface area (Å²) in [5, 5.41) is 0. The first kappa shape index (κ1) is 22.1. The van der Waals surface area contributed by atoms with Crippen molar-refractivity contribution in [3.05, 3.63) is 24.3 Å². The number of anilines is 1. The average molecular weight is 467 g/mol. The van der Waals surface area contributed by atoms with E-state index in [1.165, 1.54) is 24.2 Å². The molecule has 2 aliphatic heterocycles. The van der Waals surface area contributed by atoms with Crippen LogP contribution in [0, 0.1) is 23.2 Å². The van der Waals surface area contributed by atoms with E-state index in [1.54, 1.807) is 36.3 Å². The number of methoxy groups -OCH3 is 1. The molecule has 4 saturated carbocycles. The molecule has 0 radical (unpaired) electrons. The predicted octanol–water partition coefficient (Wildman–Crippen LogP) is 3.55. The molecule has 182 valence electrons. The monoisotopic (exact) mass is 466 g/mol. The van der Waals surface area contributed by atoms with Crippen LogP contribution in [0.25, 0.3) is 0 Å². The standard InChI is InChI=1S/C27H34N2O5/c1-33-21-6-4-20(5-7-21)29-24(30)12-23(25(29)31)28(16-22-3-2-8-34-22)26(32)27-13-17-9-18(14-27)11-19(10-17)15-27/h4-7,17-19,22-23H,2-3,8-16H2,1H3. The molecule has 7 rings (SSSR count). The Balaban J connectivity index is 1.29. The zero-order valence-electron chi connectivity index (χ0n) is 19.9. The van der Waals surface area contributed by atoms with Crippen LogP contribution in [0.15, 0.2) is 24.3 Å². The minimum Gasteiger partial charge on any atom is -0.497 e. The van der Waals surface area contributed by atoms with E-state index in [0.717, 1.165) is 32.1 Å². The molecule has 2 unspecified atom stereocenters. The first-order chi connectivity index (χ1) is 16.5. The molecule has 1 aromatic carbocycles. The Labute approximate surface area is 200 Å². The van der Waals surface area contributed by atoms with Gasteiger partial charge >= 0.3 is 0 Å². The Morgan fingerprint density at radius 3 is 2.29 bits per heavy atom. The van der Waals surface area contributed by atoms with E-state index in [4.69, 9.17) is 9.47 Å². The quantitative estimate of drug-likeness (QED) is 0.600. The molecule has 0 aromatic heterocycles. The summed E-state index contributed by atoms with van der Waals surface area (Å²) in [4.78, 5) is 44.1. The second kappa shape index (κ2) is 8.36. The SMILES string of the molecule is COc1ccc(N2C(=O)CC(N(CC3CCCO3)C(=O)C34CC5CC(CC(C5)C3)C4)C2=O)cc1. The minimum atomic E-state index is -0.751. The molecule has 0 N–H and O–H groups in total. The Bertz CT molecular complexity index is 948. The lowest BCUT2D eigenvalue weighted by atomic mass is 9.49. The van der Waals surface area contributed by atoms with Crippen molar-refractivity contribution < 1.29 is 23.9 Å². The fourth-order valence-corrected chi connectivity index (χ4v) is 7.90. The molecule has 34 heavy (non-hydrogen) atoms. The maximum atomic E-state index is 14.3. The molecule has 6 aliphatic rings. The van der Waals surface area contributed by atoms with Crippen molar-refractivity contribution >= 4 is 23.4 Å². The van der Waals surface area contributed by atoms with Crippen molar-refractivity contribution in [3.8, 4) is 5.75 Å². The van der Waals surface area contributed by atoms with E-state index in [-0.39, 0.29) is 35.7 Å². The number of rotatable bonds is 6. The Morgan fingerprint density at radius 2 is 1.74 bits per heavy atom. The highest BCUT2D eigenvalue weighted by Crippen LogP contribution is 2.60. The van der Waals surface area contributed by atoms with Crippen molar-refractivity contribution in [1.29, 1.82) is 0 Å². The largest absolute Gasteiger partial charge is 0.497 e. The molecular weight excluding hydrogens is 432 g/mol. The number of nitrogens with zero attached hydrogens (tertiary/aromatic N) is 2. The lowest BCUT2D eigenvalue weighted by molar-refractivity contribution is -0.163. The van der Waals surface area contributed by atoms with Gasteiger partial charge in [-0.3, -0.25) is 14.4 Å². The number of ether oxygens (including phenoxy) is 2. The number of hydrogen-bond acceptors (Lipinski definition) is 5. The Morgan fingerprint density at radius 1 is 1.09 bits per heavy atom. The van der Waals surface area contributed by atoms with Gasteiger partial charge in [0, 0.05) is 13.2 Å². The highest BCUT2D eigenvalue weighted by atomic mass is 16.5. The van der Waals surface area contributed by atoms with Crippen molar-refractivity contribution in [2.24, 2.45) is 23.2 Å². The zero-order valence-corrected chi connectivity index (χ0v) is 19.9. The van der Waals surface area contributed by atoms with Crippen LogP contribution in [0.1, 0.15) is 57.8 Å². The summed E-state index contributed by atoms with van der Waals surface area (Å²) in [5.74, 6) is 2.12. The fourth-order valence-electron chi connectivity index (χ4n) is 7.90. The van der Waals surface area contributed by atoms with Gasteiger partial charge in [-0.25, -0.2) is 4.90 Å². The van der Waals surface area contributed by atoms with Crippen LogP contribution < -0.4 is 9.64 Å². The second-order valence-electron chi connectivity index (χ2n) is 11.3. The Hall–Kier alpha value is -2.41. The van der Waals surface area contributed by atoms with E-state index in [1.807, 2.05) is 0 Å². The third-order valence-electron chi connectivity index (χ3n) is 9.01. The molecule has 2 heterocycles. The van der Waals surface area contributed by atoms with Crippen LogP contribution in [-0.4, -0.2) is 55.0 Å². The van der Waals surface area contributed by atoms with E-state index in [9.17, 15) is 14.4 Å². The lowest BCUT2D eigenvalue weighted by Crippen LogP contribution is -2.58. The summed E-state index contributed by atoms with van der Waals surface area (Å²) < 4.78 is 11.1. The van der Waals surface area contributed by atoms with Gasteiger partial charge in [-0.1, -0.05) is 0 Å². The van der Waals surface area contributed by atoms with Crippen LogP contribution >= 0.6 is 0 Å². The second-order valence-corrected chi connectivity index (χ2v) is 11.3. The topological polar surface area (TPSA) is 76.2 Å². The van der Waals surface area contributed by atoms with Crippen LogP contribution in [-0.2, 0) is 19.1 Å². The molecule has 3 amide bonds. The maximum Gasteiger partial charge on any atom is 0.257 e. The molecule has 2 saturated heterocycles. The molecule has 7 nitrogen and oxygen atoms in total. The summed E-state index contributed by atoms with van der Waals surface area (Å²) in [7, 11) is 1.58. The first-order valence-corrected chi connectivity index (χ1v) is 12.9. The number of carbonyl (C=O) groups excluding carboxylic acids is 3. The third-order valence-corrected chi connectivity index (χ3v) is 9.01. The van der Waals surface area contributed by atoms with Crippen molar-refractivity contribution in [3.63, 3.8) is 0 Å². The summed E-state index contributed by atoms with van der Waals surface area (Å²) in [6.07, 6.45) is 8.43. The van der Waals surface area contributed by atoms with Crippen LogP contribution in [0.2, 0.25) is 0 Å². The van der Waals surface area contributed by atoms with Crippen molar-refractivity contribution in [1.82, 2.24) is 4.90 Å². The number of benzene rings is 1. The summed E-state index contributed by atoms with van der Waals surface area (Å²) in [6.45, 7) is 1.10. The molecule has 2 atom stereocenters. The van der Waals surface area contributed by atoms with Gasteiger partial charge in [0.05, 0.1) is 30.7 Å². The van der Waals surface area contributed by atoms with E-state index >= 15 is 0 Å². The minimum absolute atomic E-state index is 0.0374. The highest BCUT2D eigenvalue weighted by molar-refractivity contribution is 6.23. The van der Waals surface area contributed by atoms with Crippen LogP contribution in [0.5, 0.6) is 5.75 Å². The maximum absolute atomic E-state index is 14.3. The summed E-state index contributed by atoms with van der Waals surface area (Å²) in [6, 6.07) is 6.19. The smallest absolute Gasteiger partial charge is 0.257 e. The van der Waals surface area contributed by atoms with Crippen molar-refractivity contribution in [2.45, 2.75) is 69.9 Å². The number of hydrogen-bond donors (Lipinski definition) is 0. The van der Waals surface area contributed by atoms with Gasteiger partial charge in [0.2, 0.25) is 11.8 Å². The van der Waals surface area contributed by atoms with Gasteiger partial charge in [-0.15, -0.1) is 0 Å². The number of amides is 3. The normalized spacial score (nSPS) is 36.4. The van der Waals surface area contributed by atoms with Gasteiger partial charge in [0.25, 0.3) is 5.91 Å². The molecule has 1 aromatic rings. The number of imide groups is 1. The van der Waals surface area contributed by atoms with Crippen LogP contribution in [0.3, 0.4) is 0 Å². The molecule has 4 aliphatic carbocycles. The predicted molar refractivity (Wildman–Crippen MR) is 125 cm³/mol. The van der Waals surface area contributed by atoms with Gasteiger partial charge in [0.1, 0.15) is 11.8 Å². The molecule has 7 heteroatoms. The summed E-state index contributed by atoms with van der Waals surface area (Å²) in [5.41, 5.74) is 0.169. The highest BCUT2D eigenvalue weighted by Gasteiger charge is 2.57. The average Bonchev–Trinajstić information content (AvgIpc) is 3.43. The zero-order chi connectivity index (χ0) is 23.4. The van der Waals surface area contributed by atoms with Gasteiger partial charge < -0.3 is 14.4 Å². The Kier molecular flexibility index (Phi) is 5.43. The lowest BCUT2D eigenvalue weighted by Gasteiger charge is -2.57. The van der Waals surface area contributed by atoms with E-state index in [2.05, 4.69) is 0 Å². The van der Waals surface area contributed by atoms with E-state index < -0.39 is 6.04 Å². The van der Waals surface area contributed by atoms with Crippen molar-refractivity contribution in [2.75, 3.05) is 25.2 Å². The third kappa shape index (κ3) is 3.63. The van der Waals surface area contributed by atoms with E-state index in [0.29, 0.717) is 42.3 Å². The summed E-state index contributed by atoms with van der Waals surface area (Å²) >= 11 is 0. The van der Waals surface area contributed by atoms with Crippen LogP contribution in [0.4, 0.5) is 5.69 Å². The van der Waals surface area contributed by atoms with Gasteiger partial charge in [-0.2, -0.15) is 0 Å².